The van der Waals surface area contributed by atoms with Crippen molar-refractivity contribution in [2.45, 2.75) is 13.8 Å². The Labute approximate surface area is 211 Å². The molecule has 3 rings (SSSR count). The molecule has 0 atom stereocenters. The predicted molar refractivity (Wildman–Crippen MR) is 133 cm³/mol. The molecule has 0 radical (unpaired) electrons. The molecule has 1 amide bonds. The van der Waals surface area contributed by atoms with Crippen LogP contribution in [0, 0.1) is 10.1 Å². The van der Waals surface area contributed by atoms with Crippen molar-refractivity contribution in [3.8, 4) is 17.2 Å². The summed E-state index contributed by atoms with van der Waals surface area (Å²) in [7, 11) is 0. The number of carbonyl (C=O) groups is 2. The number of esters is 1. The highest BCUT2D eigenvalue weighted by atomic mass is 35.5. The largest absolute Gasteiger partial charge is 0.490 e. The van der Waals surface area contributed by atoms with E-state index in [-0.39, 0.29) is 22.6 Å². The first-order chi connectivity index (χ1) is 17.3. The van der Waals surface area contributed by atoms with Crippen LogP contribution in [0.2, 0.25) is 5.02 Å². The molecule has 186 valence electrons. The molecule has 3 aromatic rings. The number of benzene rings is 3. The number of hydrazone groups is 1. The van der Waals surface area contributed by atoms with Crippen molar-refractivity contribution in [2.24, 2.45) is 5.10 Å². The SMILES string of the molecule is CCOc1ccc(C(=O)Oc2ccc([N+](=O)[O-])cc2/C=N/NC(=O)c2ccc(Cl)cc2)cc1OCC. The van der Waals surface area contributed by atoms with Gasteiger partial charge in [0.15, 0.2) is 11.5 Å². The molecule has 0 spiro atoms. The van der Waals surface area contributed by atoms with Gasteiger partial charge in [-0.2, -0.15) is 5.10 Å². The fraction of sp³-hybridized carbons (Fsp3) is 0.160. The summed E-state index contributed by atoms with van der Waals surface area (Å²) in [6.07, 6.45) is 1.15. The predicted octanol–water partition coefficient (Wildman–Crippen LogP) is 5.03. The van der Waals surface area contributed by atoms with Crippen LogP contribution in [0.15, 0.2) is 65.8 Å². The fourth-order valence-corrected chi connectivity index (χ4v) is 3.13. The van der Waals surface area contributed by atoms with E-state index in [9.17, 15) is 19.7 Å². The monoisotopic (exact) mass is 511 g/mol. The Morgan fingerprint density at radius 3 is 2.25 bits per heavy atom. The highest BCUT2D eigenvalue weighted by molar-refractivity contribution is 6.30. The van der Waals surface area contributed by atoms with Gasteiger partial charge < -0.3 is 14.2 Å². The van der Waals surface area contributed by atoms with Gasteiger partial charge in [0.2, 0.25) is 0 Å². The van der Waals surface area contributed by atoms with Crippen molar-refractivity contribution < 1.29 is 28.7 Å². The zero-order valence-electron chi connectivity index (χ0n) is 19.4. The van der Waals surface area contributed by atoms with Crippen LogP contribution in [0.5, 0.6) is 17.2 Å². The summed E-state index contributed by atoms with van der Waals surface area (Å²) in [5, 5.41) is 15.5. The fourth-order valence-electron chi connectivity index (χ4n) is 3.01. The third-order valence-electron chi connectivity index (χ3n) is 4.66. The molecule has 0 saturated carbocycles. The lowest BCUT2D eigenvalue weighted by Crippen LogP contribution is -2.17. The van der Waals surface area contributed by atoms with Gasteiger partial charge in [-0.25, -0.2) is 10.2 Å². The molecule has 0 aliphatic heterocycles. The van der Waals surface area contributed by atoms with Crippen LogP contribution in [0.25, 0.3) is 0 Å². The summed E-state index contributed by atoms with van der Waals surface area (Å²) >= 11 is 5.82. The van der Waals surface area contributed by atoms with E-state index >= 15 is 0 Å². The van der Waals surface area contributed by atoms with E-state index in [0.717, 1.165) is 6.21 Å². The van der Waals surface area contributed by atoms with E-state index in [2.05, 4.69) is 10.5 Å². The Morgan fingerprint density at radius 2 is 1.58 bits per heavy atom. The van der Waals surface area contributed by atoms with Gasteiger partial charge in [0.25, 0.3) is 11.6 Å². The topological polar surface area (TPSA) is 129 Å². The molecule has 0 fully saturated rings. The summed E-state index contributed by atoms with van der Waals surface area (Å²) in [5.74, 6) is -0.390. The van der Waals surface area contributed by atoms with Crippen LogP contribution in [0.1, 0.15) is 40.1 Å². The van der Waals surface area contributed by atoms with Gasteiger partial charge in [0.05, 0.1) is 29.9 Å². The van der Waals surface area contributed by atoms with Crippen molar-refractivity contribution in [2.75, 3.05) is 13.2 Å². The number of rotatable bonds is 10. The summed E-state index contributed by atoms with van der Waals surface area (Å²) in [5.41, 5.74) is 2.65. The van der Waals surface area contributed by atoms with Crippen LogP contribution >= 0.6 is 11.6 Å². The quantitative estimate of drug-likeness (QED) is 0.133. The Hall–Kier alpha value is -4.44. The maximum atomic E-state index is 12.8. The molecule has 0 unspecified atom stereocenters. The highest BCUT2D eigenvalue weighted by Crippen LogP contribution is 2.30. The molecule has 36 heavy (non-hydrogen) atoms. The third-order valence-corrected chi connectivity index (χ3v) is 4.91. The number of hydrogen-bond donors (Lipinski definition) is 1. The Balaban J connectivity index is 1.83. The Kier molecular flexibility index (Phi) is 8.95. The molecule has 0 aliphatic carbocycles. The smallest absolute Gasteiger partial charge is 0.343 e. The van der Waals surface area contributed by atoms with Crippen LogP contribution in [-0.4, -0.2) is 36.2 Å². The molecule has 0 aromatic heterocycles. The normalized spacial score (nSPS) is 10.6. The van der Waals surface area contributed by atoms with Gasteiger partial charge in [0.1, 0.15) is 5.75 Å². The lowest BCUT2D eigenvalue weighted by atomic mass is 10.1. The molecule has 10 nitrogen and oxygen atoms in total. The van der Waals surface area contributed by atoms with E-state index in [1.807, 2.05) is 6.92 Å². The molecule has 0 bridgehead atoms. The third kappa shape index (κ3) is 6.80. The van der Waals surface area contributed by atoms with Crippen molar-refractivity contribution in [1.82, 2.24) is 5.43 Å². The number of ether oxygens (including phenoxy) is 3. The highest BCUT2D eigenvalue weighted by Gasteiger charge is 2.17. The maximum Gasteiger partial charge on any atom is 0.343 e. The first-order valence-corrected chi connectivity index (χ1v) is 11.2. The Morgan fingerprint density at radius 1 is 0.944 bits per heavy atom. The Bertz CT molecular complexity index is 1290. The summed E-state index contributed by atoms with van der Waals surface area (Å²) < 4.78 is 16.5. The number of amides is 1. The van der Waals surface area contributed by atoms with E-state index in [1.165, 1.54) is 42.5 Å². The molecule has 1 N–H and O–H groups in total. The number of halogens is 1. The lowest BCUT2D eigenvalue weighted by Gasteiger charge is -2.12. The van der Waals surface area contributed by atoms with Crippen molar-refractivity contribution in [1.29, 1.82) is 0 Å². The minimum Gasteiger partial charge on any atom is -0.490 e. The zero-order chi connectivity index (χ0) is 26.1. The van der Waals surface area contributed by atoms with E-state index in [0.29, 0.717) is 35.3 Å². The molecule has 0 aliphatic rings. The molecular weight excluding hydrogens is 490 g/mol. The van der Waals surface area contributed by atoms with Crippen LogP contribution in [0.3, 0.4) is 0 Å². The van der Waals surface area contributed by atoms with Gasteiger partial charge >= 0.3 is 5.97 Å². The average molecular weight is 512 g/mol. The van der Waals surface area contributed by atoms with Gasteiger partial charge in [-0.15, -0.1) is 0 Å². The minimum atomic E-state index is -0.729. The zero-order valence-corrected chi connectivity index (χ0v) is 20.2. The first-order valence-electron chi connectivity index (χ1n) is 10.8. The van der Waals surface area contributed by atoms with Crippen molar-refractivity contribution in [3.05, 3.63) is 92.5 Å². The van der Waals surface area contributed by atoms with Crippen LogP contribution in [-0.2, 0) is 0 Å². The second kappa shape index (κ2) is 12.3. The molecule has 0 heterocycles. The molecule has 0 saturated heterocycles. The maximum absolute atomic E-state index is 12.8. The minimum absolute atomic E-state index is 0.00179. The second-order valence-corrected chi connectivity index (χ2v) is 7.54. The first kappa shape index (κ1) is 26.2. The summed E-state index contributed by atoms with van der Waals surface area (Å²) in [4.78, 5) is 35.7. The van der Waals surface area contributed by atoms with Gasteiger partial charge in [-0.3, -0.25) is 14.9 Å². The van der Waals surface area contributed by atoms with Crippen LogP contribution < -0.4 is 19.6 Å². The number of nitrogens with zero attached hydrogens (tertiary/aromatic N) is 2. The van der Waals surface area contributed by atoms with Crippen molar-refractivity contribution >= 4 is 35.4 Å². The van der Waals surface area contributed by atoms with Crippen LogP contribution in [0.4, 0.5) is 5.69 Å². The summed E-state index contributed by atoms with van der Waals surface area (Å²) in [6.45, 7) is 4.41. The van der Waals surface area contributed by atoms with E-state index in [4.69, 9.17) is 25.8 Å². The molecule has 11 heteroatoms. The number of carbonyl (C=O) groups excluding carboxylic acids is 2. The lowest BCUT2D eigenvalue weighted by molar-refractivity contribution is -0.384. The standard InChI is InChI=1S/C25H22ClN3O7/c1-3-34-22-11-7-17(14-23(22)35-4-2)25(31)36-21-12-10-20(29(32)33)13-18(21)15-27-28-24(30)16-5-8-19(26)9-6-16/h5-15H,3-4H2,1-2H3,(H,28,30)/b27-15+. The second-order valence-electron chi connectivity index (χ2n) is 7.10. The molecule has 3 aromatic carbocycles. The van der Waals surface area contributed by atoms with Gasteiger partial charge in [-0.1, -0.05) is 11.6 Å². The number of nitro benzene ring substituents is 1. The number of non-ortho nitro benzene ring substituents is 1. The summed E-state index contributed by atoms with van der Waals surface area (Å²) in [6, 6.07) is 14.4. The average Bonchev–Trinajstić information content (AvgIpc) is 2.86. The van der Waals surface area contributed by atoms with E-state index < -0.39 is 16.8 Å². The van der Waals surface area contributed by atoms with E-state index in [1.54, 1.807) is 25.1 Å². The number of hydrogen-bond acceptors (Lipinski definition) is 8. The van der Waals surface area contributed by atoms with Crippen molar-refractivity contribution in [3.63, 3.8) is 0 Å². The van der Waals surface area contributed by atoms with Gasteiger partial charge in [0, 0.05) is 28.3 Å². The number of nitro groups is 1. The van der Waals surface area contributed by atoms with Gasteiger partial charge in [-0.05, 0) is 62.4 Å². The number of nitrogens with one attached hydrogen (secondary N) is 1. The molecular formula is C25H22ClN3O7.